The van der Waals surface area contributed by atoms with Crippen LogP contribution in [0.5, 0.6) is 5.75 Å². The van der Waals surface area contributed by atoms with Crippen LogP contribution in [0.15, 0.2) is 6.07 Å². The molecule has 1 rings (SSSR count). The summed E-state index contributed by atoms with van der Waals surface area (Å²) in [6.07, 6.45) is -3.11. The van der Waals surface area contributed by atoms with E-state index in [1.54, 1.807) is 0 Å². The van der Waals surface area contributed by atoms with Gasteiger partial charge in [-0.3, -0.25) is 10.1 Å². The lowest BCUT2D eigenvalue weighted by atomic mass is 10.2. The fraction of sp³-hybridized carbons (Fsp3) is 0.250. The maximum absolute atomic E-state index is 12.4. The van der Waals surface area contributed by atoms with Crippen LogP contribution in [0.1, 0.15) is 22.6 Å². The number of ether oxygens (including phenoxy) is 1. The first-order valence-corrected chi connectivity index (χ1v) is 4.13. The molecule has 7 nitrogen and oxygen atoms in total. The number of rotatable bonds is 4. The van der Waals surface area contributed by atoms with E-state index in [2.05, 4.69) is 9.72 Å². The lowest BCUT2D eigenvalue weighted by molar-refractivity contribution is -0.386. The first-order chi connectivity index (χ1) is 7.88. The third-order valence-electron chi connectivity index (χ3n) is 1.80. The highest BCUT2D eigenvalue weighted by Gasteiger charge is 2.28. The summed E-state index contributed by atoms with van der Waals surface area (Å²) in [5, 5.41) is 19.3. The van der Waals surface area contributed by atoms with Crippen molar-refractivity contribution < 1.29 is 28.3 Å². The molecule has 1 aromatic rings. The second-order valence-electron chi connectivity index (χ2n) is 2.81. The minimum Gasteiger partial charge on any atom is -0.488 e. The van der Waals surface area contributed by atoms with Crippen molar-refractivity contribution in [2.75, 3.05) is 7.11 Å². The number of nitrogens with zero attached hydrogens (tertiary/aromatic N) is 2. The van der Waals surface area contributed by atoms with Gasteiger partial charge < -0.3 is 9.84 Å². The summed E-state index contributed by atoms with van der Waals surface area (Å²) >= 11 is 0. The molecule has 0 fully saturated rings. The fourth-order valence-electron chi connectivity index (χ4n) is 1.13. The molecule has 0 radical (unpaired) electrons. The predicted octanol–water partition coefficient (Wildman–Crippen LogP) is 1.63. The van der Waals surface area contributed by atoms with Gasteiger partial charge in [0.15, 0.2) is 5.69 Å². The average molecular weight is 248 g/mol. The number of hydrogen-bond donors (Lipinski definition) is 1. The van der Waals surface area contributed by atoms with Crippen molar-refractivity contribution in [3.8, 4) is 5.75 Å². The first-order valence-electron chi connectivity index (χ1n) is 4.13. The number of hydrogen-bond acceptors (Lipinski definition) is 5. The van der Waals surface area contributed by atoms with E-state index in [1.165, 1.54) is 0 Å². The summed E-state index contributed by atoms with van der Waals surface area (Å²) in [6, 6.07) is 0.482. The maximum Gasteiger partial charge on any atom is 0.358 e. The zero-order valence-electron chi connectivity index (χ0n) is 8.39. The number of methoxy groups -OCH3 is 1. The Morgan fingerprint density at radius 3 is 2.59 bits per heavy atom. The van der Waals surface area contributed by atoms with E-state index in [0.29, 0.717) is 6.07 Å². The van der Waals surface area contributed by atoms with Gasteiger partial charge in [-0.15, -0.1) is 0 Å². The van der Waals surface area contributed by atoms with E-state index < -0.39 is 40.1 Å². The number of halogens is 2. The zero-order valence-corrected chi connectivity index (χ0v) is 8.39. The van der Waals surface area contributed by atoms with Crippen LogP contribution in [0.2, 0.25) is 0 Å². The van der Waals surface area contributed by atoms with Gasteiger partial charge in [-0.05, 0) is 0 Å². The number of nitro groups is 1. The monoisotopic (exact) mass is 248 g/mol. The average Bonchev–Trinajstić information content (AvgIpc) is 2.26. The van der Waals surface area contributed by atoms with Crippen LogP contribution in [0.25, 0.3) is 0 Å². The third-order valence-corrected chi connectivity index (χ3v) is 1.80. The highest BCUT2D eigenvalue weighted by molar-refractivity contribution is 5.90. The summed E-state index contributed by atoms with van der Waals surface area (Å²) in [7, 11) is 0.985. The number of carboxylic acid groups (broad SMARTS) is 1. The minimum absolute atomic E-state index is 0.482. The van der Waals surface area contributed by atoms with Crippen molar-refractivity contribution in [3.05, 3.63) is 27.6 Å². The quantitative estimate of drug-likeness (QED) is 0.641. The Hall–Kier alpha value is -2.32. The molecule has 1 heterocycles. The molecular weight excluding hydrogens is 242 g/mol. The molecule has 0 aliphatic rings. The summed E-state index contributed by atoms with van der Waals surface area (Å²) < 4.78 is 29.2. The summed E-state index contributed by atoms with van der Waals surface area (Å²) in [5.74, 6) is -2.35. The van der Waals surface area contributed by atoms with Crippen LogP contribution in [0.4, 0.5) is 14.5 Å². The molecule has 0 saturated carbocycles. The number of carbonyl (C=O) groups is 1. The molecule has 0 aliphatic heterocycles. The molecule has 9 heteroatoms. The Labute approximate surface area is 92.8 Å². The van der Waals surface area contributed by atoms with Gasteiger partial charge in [-0.2, -0.15) is 0 Å². The van der Waals surface area contributed by atoms with Crippen molar-refractivity contribution in [1.82, 2.24) is 4.98 Å². The molecule has 0 saturated heterocycles. The molecular formula is C8H6F2N2O5. The Morgan fingerprint density at radius 2 is 2.24 bits per heavy atom. The zero-order chi connectivity index (χ0) is 13.2. The van der Waals surface area contributed by atoms with E-state index in [1.807, 2.05) is 0 Å². The first kappa shape index (κ1) is 12.7. The standard InChI is InChI=1S/C8H6F2N2O5/c1-17-6-4(12(15)16)2-3(7(9)10)11-5(6)8(13)14/h2,7H,1H3,(H,13,14). The van der Waals surface area contributed by atoms with E-state index in [4.69, 9.17) is 5.11 Å². The second kappa shape index (κ2) is 4.68. The molecule has 0 spiro atoms. The molecule has 0 aliphatic carbocycles. The van der Waals surface area contributed by atoms with Crippen LogP contribution in [0.3, 0.4) is 0 Å². The van der Waals surface area contributed by atoms with Crippen molar-refractivity contribution in [1.29, 1.82) is 0 Å². The largest absolute Gasteiger partial charge is 0.488 e. The molecule has 0 amide bonds. The van der Waals surface area contributed by atoms with Gasteiger partial charge >= 0.3 is 11.7 Å². The van der Waals surface area contributed by atoms with E-state index in [9.17, 15) is 23.7 Å². The van der Waals surface area contributed by atoms with Crippen LogP contribution in [0, 0.1) is 10.1 Å². The number of carboxylic acids is 1. The lowest BCUT2D eigenvalue weighted by Gasteiger charge is -2.07. The van der Waals surface area contributed by atoms with Crippen LogP contribution in [-0.4, -0.2) is 28.1 Å². The Kier molecular flexibility index (Phi) is 3.51. The summed E-state index contributed by atoms with van der Waals surface area (Å²) in [4.78, 5) is 23.4. The molecule has 0 atom stereocenters. The SMILES string of the molecule is COc1c([N+](=O)[O-])cc(C(F)F)nc1C(=O)O. The van der Waals surface area contributed by atoms with Gasteiger partial charge in [0, 0.05) is 6.07 Å². The van der Waals surface area contributed by atoms with Gasteiger partial charge in [-0.1, -0.05) is 0 Å². The number of pyridine rings is 1. The highest BCUT2D eigenvalue weighted by Crippen LogP contribution is 2.33. The molecule has 17 heavy (non-hydrogen) atoms. The number of aromatic carboxylic acids is 1. The van der Waals surface area contributed by atoms with Gasteiger partial charge in [0.2, 0.25) is 5.75 Å². The Bertz CT molecular complexity index is 442. The van der Waals surface area contributed by atoms with Gasteiger partial charge in [0.05, 0.1) is 12.0 Å². The Balaban J connectivity index is 3.57. The third kappa shape index (κ3) is 2.44. The number of aromatic nitrogens is 1. The van der Waals surface area contributed by atoms with Gasteiger partial charge in [0.1, 0.15) is 5.69 Å². The summed E-state index contributed by atoms with van der Waals surface area (Å²) in [6.45, 7) is 0. The van der Waals surface area contributed by atoms with Crippen molar-refractivity contribution in [2.45, 2.75) is 6.43 Å². The topological polar surface area (TPSA) is 103 Å². The summed E-state index contributed by atoms with van der Waals surface area (Å²) in [5.41, 5.74) is -2.78. The van der Waals surface area contributed by atoms with Crippen molar-refractivity contribution in [3.63, 3.8) is 0 Å². The van der Waals surface area contributed by atoms with Gasteiger partial charge in [-0.25, -0.2) is 18.6 Å². The lowest BCUT2D eigenvalue weighted by Crippen LogP contribution is -2.09. The number of alkyl halides is 2. The maximum atomic E-state index is 12.4. The molecule has 92 valence electrons. The van der Waals surface area contributed by atoms with E-state index in [0.717, 1.165) is 7.11 Å². The van der Waals surface area contributed by atoms with Gasteiger partial charge in [0.25, 0.3) is 6.43 Å². The second-order valence-corrected chi connectivity index (χ2v) is 2.81. The van der Waals surface area contributed by atoms with Crippen LogP contribution >= 0.6 is 0 Å². The van der Waals surface area contributed by atoms with Crippen molar-refractivity contribution >= 4 is 11.7 Å². The fourth-order valence-corrected chi connectivity index (χ4v) is 1.13. The molecule has 1 aromatic heterocycles. The minimum atomic E-state index is -3.11. The van der Waals surface area contributed by atoms with E-state index in [-0.39, 0.29) is 0 Å². The normalized spacial score (nSPS) is 10.4. The predicted molar refractivity (Wildman–Crippen MR) is 49.4 cm³/mol. The molecule has 0 aromatic carbocycles. The van der Waals surface area contributed by atoms with Crippen molar-refractivity contribution in [2.24, 2.45) is 0 Å². The van der Waals surface area contributed by atoms with Crippen LogP contribution < -0.4 is 4.74 Å². The molecule has 0 unspecified atom stereocenters. The van der Waals surface area contributed by atoms with Crippen LogP contribution in [-0.2, 0) is 0 Å². The Morgan fingerprint density at radius 1 is 1.65 bits per heavy atom. The van der Waals surface area contributed by atoms with E-state index >= 15 is 0 Å². The smallest absolute Gasteiger partial charge is 0.358 e. The molecule has 1 N–H and O–H groups in total. The highest BCUT2D eigenvalue weighted by atomic mass is 19.3. The molecule has 0 bridgehead atoms.